The number of hydrogen-bond donors (Lipinski definition) is 0. The number of ether oxygens (including phenoxy) is 1. The highest BCUT2D eigenvalue weighted by Crippen LogP contribution is 2.27. The minimum absolute atomic E-state index is 0.275. The fourth-order valence-electron chi connectivity index (χ4n) is 1.91. The lowest BCUT2D eigenvalue weighted by Crippen LogP contribution is -2.44. The third kappa shape index (κ3) is 2.65. The number of likely N-dealkylation sites (N-methyl/N-ethyl adjacent to an activating group) is 2. The van der Waals surface area contributed by atoms with Crippen LogP contribution in [-0.2, 0) is 4.74 Å². The molecule has 6 heteroatoms. The second kappa shape index (κ2) is 5.12. The largest absolute Gasteiger partial charge is 0.465 e. The minimum atomic E-state index is -0.305. The zero-order chi connectivity index (χ0) is 12.4. The number of thiazole rings is 1. The first-order chi connectivity index (χ1) is 8.11. The van der Waals surface area contributed by atoms with Crippen LogP contribution >= 0.6 is 11.3 Å². The maximum absolute atomic E-state index is 11.4. The molecule has 0 aliphatic carbocycles. The number of hydrogen-bond acceptors (Lipinski definition) is 6. The van der Waals surface area contributed by atoms with Crippen molar-refractivity contribution in [1.29, 1.82) is 0 Å². The third-order valence-electron chi connectivity index (χ3n) is 3.05. The van der Waals surface area contributed by atoms with Crippen LogP contribution in [0.1, 0.15) is 20.7 Å². The topological polar surface area (TPSA) is 45.7 Å². The van der Waals surface area contributed by atoms with Crippen molar-refractivity contribution in [2.24, 2.45) is 0 Å². The lowest BCUT2D eigenvalue weighted by molar-refractivity contribution is 0.0606. The molecule has 94 valence electrons. The summed E-state index contributed by atoms with van der Waals surface area (Å²) in [5.41, 5.74) is 0. The summed E-state index contributed by atoms with van der Waals surface area (Å²) in [4.78, 5) is 20.9. The van der Waals surface area contributed by atoms with E-state index in [-0.39, 0.29) is 12.0 Å². The fourth-order valence-corrected chi connectivity index (χ4v) is 2.91. The number of rotatable bonds is 2. The van der Waals surface area contributed by atoms with Gasteiger partial charge in [0.15, 0.2) is 0 Å². The van der Waals surface area contributed by atoms with Gasteiger partial charge in [-0.3, -0.25) is 4.90 Å². The number of aromatic nitrogens is 1. The van der Waals surface area contributed by atoms with Crippen molar-refractivity contribution < 1.29 is 9.53 Å². The Bertz CT molecular complexity index is 407. The van der Waals surface area contributed by atoms with Crippen molar-refractivity contribution in [2.45, 2.75) is 6.04 Å². The second-order valence-electron chi connectivity index (χ2n) is 4.31. The smallest absolute Gasteiger partial charge is 0.349 e. The van der Waals surface area contributed by atoms with Gasteiger partial charge in [-0.2, -0.15) is 0 Å². The number of carbonyl (C=O) groups excluding carboxylic acids is 1. The molecule has 1 aromatic heterocycles. The molecular weight excluding hydrogens is 238 g/mol. The van der Waals surface area contributed by atoms with Gasteiger partial charge in [0.25, 0.3) is 0 Å². The Morgan fingerprint density at radius 3 is 3.00 bits per heavy atom. The molecule has 0 amide bonds. The molecule has 1 aliphatic heterocycles. The Hall–Kier alpha value is -0.980. The van der Waals surface area contributed by atoms with Crippen LogP contribution in [0.25, 0.3) is 0 Å². The lowest BCUT2D eigenvalue weighted by atomic mass is 10.2. The van der Waals surface area contributed by atoms with Gasteiger partial charge >= 0.3 is 5.97 Å². The molecule has 1 aromatic rings. The lowest BCUT2D eigenvalue weighted by Gasteiger charge is -2.36. The van der Waals surface area contributed by atoms with E-state index in [0.717, 1.165) is 24.6 Å². The highest BCUT2D eigenvalue weighted by atomic mass is 32.1. The van der Waals surface area contributed by atoms with Gasteiger partial charge in [-0.15, -0.1) is 11.3 Å². The van der Waals surface area contributed by atoms with E-state index in [0.29, 0.717) is 4.88 Å². The Morgan fingerprint density at radius 2 is 2.29 bits per heavy atom. The van der Waals surface area contributed by atoms with Gasteiger partial charge in [-0.05, 0) is 14.1 Å². The summed E-state index contributed by atoms with van der Waals surface area (Å²) in [5.74, 6) is -0.305. The molecule has 0 radical (unpaired) electrons. The molecular formula is C11H17N3O2S. The van der Waals surface area contributed by atoms with E-state index in [4.69, 9.17) is 4.74 Å². The SMILES string of the molecule is COC(=O)c1cnc(C2CN(C)CCN2C)s1. The quantitative estimate of drug-likeness (QED) is 0.733. The van der Waals surface area contributed by atoms with E-state index in [1.54, 1.807) is 6.20 Å². The van der Waals surface area contributed by atoms with Crippen LogP contribution in [0.15, 0.2) is 6.20 Å². The first-order valence-corrected chi connectivity index (χ1v) is 6.36. The summed E-state index contributed by atoms with van der Waals surface area (Å²) >= 11 is 1.42. The predicted octanol–water partition coefficient (Wildman–Crippen LogP) is 0.848. The molecule has 0 aromatic carbocycles. The van der Waals surface area contributed by atoms with Crippen molar-refractivity contribution in [1.82, 2.24) is 14.8 Å². The van der Waals surface area contributed by atoms with Crippen LogP contribution in [0.3, 0.4) is 0 Å². The van der Waals surface area contributed by atoms with E-state index < -0.39 is 0 Å². The Morgan fingerprint density at radius 1 is 1.53 bits per heavy atom. The average Bonchev–Trinajstić information content (AvgIpc) is 2.80. The van der Waals surface area contributed by atoms with Crippen LogP contribution in [0, 0.1) is 0 Å². The maximum Gasteiger partial charge on any atom is 0.349 e. The number of esters is 1. The van der Waals surface area contributed by atoms with Gasteiger partial charge in [0, 0.05) is 19.6 Å². The number of nitrogens with zero attached hydrogens (tertiary/aromatic N) is 3. The molecule has 1 saturated heterocycles. The number of carbonyl (C=O) groups is 1. The predicted molar refractivity (Wildman–Crippen MR) is 66.3 cm³/mol. The molecule has 2 heterocycles. The van der Waals surface area contributed by atoms with Gasteiger partial charge in [-0.1, -0.05) is 0 Å². The fraction of sp³-hybridized carbons (Fsp3) is 0.636. The summed E-state index contributed by atoms with van der Waals surface area (Å²) < 4.78 is 4.69. The molecule has 0 saturated carbocycles. The molecule has 5 nitrogen and oxygen atoms in total. The molecule has 0 bridgehead atoms. The molecule has 1 unspecified atom stereocenters. The van der Waals surface area contributed by atoms with Gasteiger partial charge in [-0.25, -0.2) is 9.78 Å². The van der Waals surface area contributed by atoms with E-state index in [1.807, 2.05) is 0 Å². The average molecular weight is 255 g/mol. The van der Waals surface area contributed by atoms with E-state index >= 15 is 0 Å². The van der Waals surface area contributed by atoms with Gasteiger partial charge in [0.1, 0.15) is 9.88 Å². The van der Waals surface area contributed by atoms with Crippen LogP contribution < -0.4 is 0 Å². The zero-order valence-corrected chi connectivity index (χ0v) is 11.2. The maximum atomic E-state index is 11.4. The first-order valence-electron chi connectivity index (χ1n) is 5.54. The minimum Gasteiger partial charge on any atom is -0.465 e. The van der Waals surface area contributed by atoms with Crippen molar-refractivity contribution >= 4 is 17.3 Å². The monoisotopic (exact) mass is 255 g/mol. The third-order valence-corrected chi connectivity index (χ3v) is 4.12. The summed E-state index contributed by atoms with van der Waals surface area (Å²) in [6.45, 7) is 3.04. The summed E-state index contributed by atoms with van der Waals surface area (Å²) in [6, 6.07) is 0.275. The Labute approximate surface area is 105 Å². The van der Waals surface area contributed by atoms with E-state index in [1.165, 1.54) is 18.4 Å². The summed E-state index contributed by atoms with van der Waals surface area (Å²) in [7, 11) is 5.59. The molecule has 1 atom stereocenters. The van der Waals surface area contributed by atoms with Crippen molar-refractivity contribution in [3.05, 3.63) is 16.1 Å². The van der Waals surface area contributed by atoms with Gasteiger partial charge in [0.05, 0.1) is 19.3 Å². The molecule has 17 heavy (non-hydrogen) atoms. The normalized spacial score (nSPS) is 22.6. The van der Waals surface area contributed by atoms with Crippen LogP contribution in [0.2, 0.25) is 0 Å². The second-order valence-corrected chi connectivity index (χ2v) is 5.38. The number of piperazine rings is 1. The summed E-state index contributed by atoms with van der Waals surface area (Å²) in [5, 5.41) is 0.986. The number of methoxy groups -OCH3 is 1. The standard InChI is InChI=1S/C11H17N3O2S/c1-13-4-5-14(2)8(7-13)10-12-6-9(17-10)11(15)16-3/h6,8H,4-5,7H2,1-3H3. The Kier molecular flexibility index (Phi) is 3.76. The van der Waals surface area contributed by atoms with Crippen LogP contribution in [0.5, 0.6) is 0 Å². The van der Waals surface area contributed by atoms with E-state index in [9.17, 15) is 4.79 Å². The first kappa shape index (κ1) is 12.5. The van der Waals surface area contributed by atoms with Crippen LogP contribution in [-0.4, -0.2) is 61.6 Å². The van der Waals surface area contributed by atoms with Crippen molar-refractivity contribution in [2.75, 3.05) is 40.8 Å². The van der Waals surface area contributed by atoms with Crippen molar-refractivity contribution in [3.8, 4) is 0 Å². The summed E-state index contributed by atoms with van der Waals surface area (Å²) in [6.07, 6.45) is 1.61. The highest BCUT2D eigenvalue weighted by Gasteiger charge is 2.26. The molecule has 2 rings (SSSR count). The highest BCUT2D eigenvalue weighted by molar-refractivity contribution is 7.13. The molecule has 1 aliphatic rings. The Balaban J connectivity index is 2.15. The molecule has 1 fully saturated rings. The zero-order valence-electron chi connectivity index (χ0n) is 10.3. The van der Waals surface area contributed by atoms with Crippen LogP contribution in [0.4, 0.5) is 0 Å². The molecule has 0 N–H and O–H groups in total. The van der Waals surface area contributed by atoms with Crippen molar-refractivity contribution in [3.63, 3.8) is 0 Å². The molecule has 0 spiro atoms. The van der Waals surface area contributed by atoms with E-state index in [2.05, 4.69) is 28.9 Å². The van der Waals surface area contributed by atoms with Gasteiger partial charge in [0.2, 0.25) is 0 Å². The van der Waals surface area contributed by atoms with Gasteiger partial charge < -0.3 is 9.64 Å².